The van der Waals surface area contributed by atoms with E-state index in [4.69, 9.17) is 4.74 Å². The average molecular weight is 342 g/mol. The molecule has 0 bridgehead atoms. The Morgan fingerprint density at radius 2 is 1.85 bits per heavy atom. The van der Waals surface area contributed by atoms with E-state index in [0.717, 1.165) is 62.1 Å². The molecule has 0 amide bonds. The first kappa shape index (κ1) is 16.0. The summed E-state index contributed by atoms with van der Waals surface area (Å²) in [7, 11) is 0. The van der Waals surface area contributed by atoms with Gasteiger partial charge < -0.3 is 9.84 Å². The fourth-order valence-corrected chi connectivity index (χ4v) is 3.02. The highest BCUT2D eigenvalue weighted by molar-refractivity contribution is 9.10. The van der Waals surface area contributed by atoms with Gasteiger partial charge in [-0.1, -0.05) is 41.4 Å². The summed E-state index contributed by atoms with van der Waals surface area (Å²) in [5, 5.41) is 11.0. The predicted molar refractivity (Wildman–Crippen MR) is 84.8 cm³/mol. The topological polar surface area (TPSA) is 32.7 Å². The lowest BCUT2D eigenvalue weighted by Crippen LogP contribution is -2.40. The van der Waals surface area contributed by atoms with Crippen molar-refractivity contribution in [3.05, 3.63) is 34.3 Å². The molecule has 1 aromatic carbocycles. The van der Waals surface area contributed by atoms with Crippen molar-refractivity contribution in [1.82, 2.24) is 4.90 Å². The Labute approximate surface area is 130 Å². The smallest absolute Gasteiger partial charge is 0.0908 e. The third-order valence-corrected chi connectivity index (χ3v) is 4.52. The van der Waals surface area contributed by atoms with Crippen LogP contribution in [0.5, 0.6) is 0 Å². The minimum absolute atomic E-state index is 0.715. The van der Waals surface area contributed by atoms with Gasteiger partial charge in [0, 0.05) is 24.1 Å². The van der Waals surface area contributed by atoms with E-state index < -0.39 is 5.60 Å². The first-order chi connectivity index (χ1) is 9.64. The van der Waals surface area contributed by atoms with Gasteiger partial charge in [-0.05, 0) is 30.5 Å². The average Bonchev–Trinajstić information content (AvgIpc) is 2.47. The number of aliphatic hydroxyl groups is 1. The Hall–Kier alpha value is -0.420. The van der Waals surface area contributed by atoms with Crippen LogP contribution in [0.1, 0.15) is 31.7 Å². The van der Waals surface area contributed by atoms with Gasteiger partial charge in [0.15, 0.2) is 0 Å². The summed E-state index contributed by atoms with van der Waals surface area (Å²) >= 11 is 3.45. The third-order valence-electron chi connectivity index (χ3n) is 3.99. The van der Waals surface area contributed by atoms with Crippen molar-refractivity contribution in [3.63, 3.8) is 0 Å². The van der Waals surface area contributed by atoms with Crippen LogP contribution in [0.2, 0.25) is 0 Å². The molecule has 1 fully saturated rings. The Morgan fingerprint density at radius 3 is 2.45 bits per heavy atom. The Morgan fingerprint density at radius 1 is 1.20 bits per heavy atom. The van der Waals surface area contributed by atoms with Crippen molar-refractivity contribution in [1.29, 1.82) is 0 Å². The summed E-state index contributed by atoms with van der Waals surface area (Å²) in [6.07, 6.45) is 2.57. The molecule has 0 aromatic heterocycles. The fraction of sp³-hybridized carbons (Fsp3) is 0.625. The van der Waals surface area contributed by atoms with Crippen LogP contribution in [-0.2, 0) is 10.3 Å². The predicted octanol–water partition coefficient (Wildman–Crippen LogP) is 3.16. The van der Waals surface area contributed by atoms with E-state index in [-0.39, 0.29) is 0 Å². The third kappa shape index (κ3) is 4.29. The molecule has 1 saturated heterocycles. The summed E-state index contributed by atoms with van der Waals surface area (Å²) in [6, 6.07) is 8.06. The number of morpholine rings is 1. The van der Waals surface area contributed by atoms with Crippen LogP contribution in [0.15, 0.2) is 28.7 Å². The van der Waals surface area contributed by atoms with E-state index in [9.17, 15) is 5.11 Å². The molecule has 1 aromatic rings. The van der Waals surface area contributed by atoms with Gasteiger partial charge in [0.05, 0.1) is 18.8 Å². The van der Waals surface area contributed by atoms with Crippen molar-refractivity contribution < 1.29 is 9.84 Å². The molecule has 1 atom stereocenters. The zero-order chi connectivity index (χ0) is 14.4. The lowest BCUT2D eigenvalue weighted by atomic mass is 9.86. The molecule has 0 unspecified atom stereocenters. The number of hydrogen-bond donors (Lipinski definition) is 1. The van der Waals surface area contributed by atoms with Gasteiger partial charge in [-0.15, -0.1) is 0 Å². The summed E-state index contributed by atoms with van der Waals surface area (Å²) in [5.74, 6) is 0. The highest BCUT2D eigenvalue weighted by Crippen LogP contribution is 2.31. The molecule has 1 aliphatic rings. The van der Waals surface area contributed by atoms with Crippen molar-refractivity contribution in [3.8, 4) is 0 Å². The van der Waals surface area contributed by atoms with Crippen molar-refractivity contribution in [2.75, 3.05) is 32.8 Å². The summed E-state index contributed by atoms with van der Waals surface area (Å²) in [4.78, 5) is 2.38. The van der Waals surface area contributed by atoms with Crippen molar-refractivity contribution >= 4 is 15.9 Å². The largest absolute Gasteiger partial charge is 0.385 e. The first-order valence-electron chi connectivity index (χ1n) is 7.42. The summed E-state index contributed by atoms with van der Waals surface area (Å²) in [5.41, 5.74) is 0.309. The van der Waals surface area contributed by atoms with Gasteiger partial charge in [0.25, 0.3) is 0 Å². The van der Waals surface area contributed by atoms with Crippen LogP contribution < -0.4 is 0 Å². The monoisotopic (exact) mass is 341 g/mol. The minimum Gasteiger partial charge on any atom is -0.385 e. The van der Waals surface area contributed by atoms with E-state index in [0.29, 0.717) is 0 Å². The lowest BCUT2D eigenvalue weighted by molar-refractivity contribution is -0.0102. The van der Waals surface area contributed by atoms with E-state index >= 15 is 0 Å². The molecule has 20 heavy (non-hydrogen) atoms. The van der Waals surface area contributed by atoms with Crippen molar-refractivity contribution in [2.45, 2.75) is 31.8 Å². The van der Waals surface area contributed by atoms with Crippen LogP contribution in [-0.4, -0.2) is 42.9 Å². The molecule has 0 aliphatic carbocycles. The molecule has 2 rings (SSSR count). The van der Waals surface area contributed by atoms with Gasteiger partial charge >= 0.3 is 0 Å². The Bertz CT molecular complexity index is 403. The van der Waals surface area contributed by atoms with Gasteiger partial charge in [-0.25, -0.2) is 0 Å². The molecular formula is C16H24BrNO2. The maximum atomic E-state index is 11.0. The maximum Gasteiger partial charge on any atom is 0.0908 e. The van der Waals surface area contributed by atoms with E-state index in [1.54, 1.807) is 0 Å². The first-order valence-corrected chi connectivity index (χ1v) is 8.22. The number of hydrogen-bond acceptors (Lipinski definition) is 3. The molecule has 1 N–H and O–H groups in total. The van der Waals surface area contributed by atoms with Gasteiger partial charge in [0.2, 0.25) is 0 Å². The standard InChI is InChI=1S/C16H24BrNO2/c1-2-7-16(19,14-3-5-15(17)6-4-14)8-9-18-10-12-20-13-11-18/h3-6,19H,2,7-13H2,1H3/t16-/m1/s1. The minimum atomic E-state index is -0.715. The van der Waals surface area contributed by atoms with Crippen LogP contribution in [0.3, 0.4) is 0 Å². The van der Waals surface area contributed by atoms with Gasteiger partial charge in [-0.2, -0.15) is 0 Å². The Kier molecular flexibility index (Phi) is 6.02. The van der Waals surface area contributed by atoms with Crippen LogP contribution >= 0.6 is 15.9 Å². The SMILES string of the molecule is CCC[C@@](O)(CCN1CCOCC1)c1ccc(Br)cc1. The summed E-state index contributed by atoms with van der Waals surface area (Å²) < 4.78 is 6.42. The highest BCUT2D eigenvalue weighted by Gasteiger charge is 2.29. The lowest BCUT2D eigenvalue weighted by Gasteiger charge is -2.33. The molecule has 0 radical (unpaired) electrons. The van der Waals surface area contributed by atoms with Crippen LogP contribution in [0.25, 0.3) is 0 Å². The number of benzene rings is 1. The molecule has 0 saturated carbocycles. The Balaban J connectivity index is 2.02. The molecule has 4 heteroatoms. The molecule has 1 heterocycles. The zero-order valence-electron chi connectivity index (χ0n) is 12.1. The van der Waals surface area contributed by atoms with E-state index in [1.807, 2.05) is 24.3 Å². The second kappa shape index (κ2) is 7.55. The molecule has 1 aliphatic heterocycles. The van der Waals surface area contributed by atoms with Crippen molar-refractivity contribution in [2.24, 2.45) is 0 Å². The zero-order valence-corrected chi connectivity index (χ0v) is 13.7. The fourth-order valence-electron chi connectivity index (χ4n) is 2.76. The van der Waals surface area contributed by atoms with E-state index in [1.165, 1.54) is 0 Å². The number of ether oxygens (including phenoxy) is 1. The molecule has 3 nitrogen and oxygen atoms in total. The quantitative estimate of drug-likeness (QED) is 0.862. The normalized spacial score (nSPS) is 19.8. The van der Waals surface area contributed by atoms with Gasteiger partial charge in [0.1, 0.15) is 0 Å². The molecule has 0 spiro atoms. The maximum absolute atomic E-state index is 11.0. The summed E-state index contributed by atoms with van der Waals surface area (Å²) in [6.45, 7) is 6.62. The molecular weight excluding hydrogens is 318 g/mol. The van der Waals surface area contributed by atoms with Crippen LogP contribution in [0.4, 0.5) is 0 Å². The number of halogens is 1. The number of nitrogens with zero attached hydrogens (tertiary/aromatic N) is 1. The second-order valence-corrected chi connectivity index (χ2v) is 6.41. The molecule has 112 valence electrons. The van der Waals surface area contributed by atoms with Crippen LogP contribution in [0, 0.1) is 0 Å². The number of rotatable bonds is 6. The van der Waals surface area contributed by atoms with Gasteiger partial charge in [-0.3, -0.25) is 4.90 Å². The highest BCUT2D eigenvalue weighted by atomic mass is 79.9. The van der Waals surface area contributed by atoms with E-state index in [2.05, 4.69) is 27.8 Å². The second-order valence-electron chi connectivity index (χ2n) is 5.49.